The Bertz CT molecular complexity index is 550. The highest BCUT2D eigenvalue weighted by Gasteiger charge is 2.12. The van der Waals surface area contributed by atoms with Gasteiger partial charge in [0.15, 0.2) is 0 Å². The molecule has 0 aliphatic carbocycles. The van der Waals surface area contributed by atoms with Gasteiger partial charge in [-0.1, -0.05) is 24.3 Å². The summed E-state index contributed by atoms with van der Waals surface area (Å²) in [4.78, 5) is 11.6. The van der Waals surface area contributed by atoms with Gasteiger partial charge in [-0.05, 0) is 29.8 Å². The molecule has 2 aromatic rings. The molecule has 0 saturated heterocycles. The summed E-state index contributed by atoms with van der Waals surface area (Å²) < 4.78 is 30.8. The first-order valence-electron chi connectivity index (χ1n) is 5.33. The lowest BCUT2D eigenvalue weighted by molar-refractivity contribution is 0.0467. The third-order valence-electron chi connectivity index (χ3n) is 2.38. The molecule has 0 fully saturated rings. The molecule has 0 spiro atoms. The van der Waals surface area contributed by atoms with E-state index in [0.717, 1.165) is 0 Å². The van der Waals surface area contributed by atoms with Gasteiger partial charge in [0.1, 0.15) is 18.2 Å². The highest BCUT2D eigenvalue weighted by Crippen LogP contribution is 2.10. The van der Waals surface area contributed by atoms with Gasteiger partial charge >= 0.3 is 5.97 Å². The first-order valence-corrected chi connectivity index (χ1v) is 5.33. The van der Waals surface area contributed by atoms with Crippen molar-refractivity contribution >= 4 is 5.97 Å². The van der Waals surface area contributed by atoms with E-state index in [1.807, 2.05) is 0 Å². The van der Waals surface area contributed by atoms with Crippen molar-refractivity contribution in [1.29, 1.82) is 0 Å². The molecule has 0 unspecified atom stereocenters. The number of benzene rings is 2. The minimum Gasteiger partial charge on any atom is -0.457 e. The number of rotatable bonds is 3. The Kier molecular flexibility index (Phi) is 3.67. The molecular weight excluding hydrogens is 238 g/mol. The Morgan fingerprint density at radius 3 is 2.33 bits per heavy atom. The second kappa shape index (κ2) is 5.40. The summed E-state index contributed by atoms with van der Waals surface area (Å²) in [6.45, 7) is -0.0204. The molecule has 0 aliphatic rings. The predicted octanol–water partition coefficient (Wildman–Crippen LogP) is 3.32. The molecule has 0 aromatic heterocycles. The average Bonchev–Trinajstić information content (AvgIpc) is 2.38. The van der Waals surface area contributed by atoms with Crippen molar-refractivity contribution in [3.05, 3.63) is 71.3 Å². The largest absolute Gasteiger partial charge is 0.457 e. The van der Waals surface area contributed by atoms with Crippen molar-refractivity contribution in [2.24, 2.45) is 0 Å². The van der Waals surface area contributed by atoms with E-state index in [1.165, 1.54) is 42.5 Å². The van der Waals surface area contributed by atoms with Crippen molar-refractivity contribution in [3.8, 4) is 0 Å². The van der Waals surface area contributed by atoms with E-state index in [2.05, 4.69) is 0 Å². The van der Waals surface area contributed by atoms with Crippen molar-refractivity contribution < 1.29 is 18.3 Å². The van der Waals surface area contributed by atoms with Crippen LogP contribution in [0.2, 0.25) is 0 Å². The van der Waals surface area contributed by atoms with Crippen LogP contribution in [0, 0.1) is 11.6 Å². The van der Waals surface area contributed by atoms with Crippen LogP contribution >= 0.6 is 0 Å². The molecule has 2 rings (SSSR count). The molecule has 0 N–H and O–H groups in total. The van der Waals surface area contributed by atoms with E-state index in [1.54, 1.807) is 6.07 Å². The minimum atomic E-state index is -0.738. The second-order valence-corrected chi connectivity index (χ2v) is 3.68. The lowest BCUT2D eigenvalue weighted by Gasteiger charge is -2.05. The monoisotopic (exact) mass is 248 g/mol. The summed E-state index contributed by atoms with van der Waals surface area (Å²) in [7, 11) is 0. The zero-order chi connectivity index (χ0) is 13.0. The van der Waals surface area contributed by atoms with E-state index in [-0.39, 0.29) is 18.0 Å². The molecule has 0 aliphatic heterocycles. The van der Waals surface area contributed by atoms with Gasteiger partial charge in [0, 0.05) is 0 Å². The van der Waals surface area contributed by atoms with Crippen molar-refractivity contribution in [1.82, 2.24) is 0 Å². The fraction of sp³-hybridized carbons (Fsp3) is 0.0714. The van der Waals surface area contributed by atoms with Gasteiger partial charge < -0.3 is 4.74 Å². The first-order chi connectivity index (χ1) is 8.66. The molecule has 0 heterocycles. The smallest absolute Gasteiger partial charge is 0.341 e. The van der Waals surface area contributed by atoms with E-state index in [9.17, 15) is 13.6 Å². The van der Waals surface area contributed by atoms with Gasteiger partial charge in [0.2, 0.25) is 0 Å². The molecule has 2 nitrogen and oxygen atoms in total. The third kappa shape index (κ3) is 2.91. The molecule has 0 bridgehead atoms. The van der Waals surface area contributed by atoms with Crippen LogP contribution in [0.3, 0.4) is 0 Å². The SMILES string of the molecule is O=C(OCc1ccc(F)cc1)c1ccccc1F. The topological polar surface area (TPSA) is 26.3 Å². The molecule has 0 atom stereocenters. The fourth-order valence-corrected chi connectivity index (χ4v) is 1.43. The summed E-state index contributed by atoms with van der Waals surface area (Å²) in [6, 6.07) is 11.1. The maximum absolute atomic E-state index is 13.3. The maximum atomic E-state index is 13.3. The molecule has 92 valence electrons. The highest BCUT2D eigenvalue weighted by atomic mass is 19.1. The molecule has 0 saturated carbocycles. The van der Waals surface area contributed by atoms with Gasteiger partial charge in [-0.15, -0.1) is 0 Å². The van der Waals surface area contributed by atoms with E-state index >= 15 is 0 Å². The summed E-state index contributed by atoms with van der Waals surface area (Å²) in [5.74, 6) is -1.72. The molecule has 2 aromatic carbocycles. The number of halogens is 2. The standard InChI is InChI=1S/C14H10F2O2/c15-11-7-5-10(6-8-11)9-18-14(17)12-3-1-2-4-13(12)16/h1-8H,9H2. The predicted molar refractivity (Wildman–Crippen MR) is 61.9 cm³/mol. The summed E-state index contributed by atoms with van der Waals surface area (Å²) >= 11 is 0. The van der Waals surface area contributed by atoms with Crippen LogP contribution in [-0.2, 0) is 11.3 Å². The number of hydrogen-bond acceptors (Lipinski definition) is 2. The third-order valence-corrected chi connectivity index (χ3v) is 2.38. The zero-order valence-corrected chi connectivity index (χ0v) is 9.40. The van der Waals surface area contributed by atoms with Gasteiger partial charge in [-0.3, -0.25) is 0 Å². The molecule has 18 heavy (non-hydrogen) atoms. The highest BCUT2D eigenvalue weighted by molar-refractivity contribution is 5.89. The summed E-state index contributed by atoms with van der Waals surface area (Å²) in [5.41, 5.74) is 0.528. The van der Waals surface area contributed by atoms with Gasteiger partial charge in [-0.2, -0.15) is 0 Å². The van der Waals surface area contributed by atoms with Crippen LogP contribution in [0.5, 0.6) is 0 Å². The number of carbonyl (C=O) groups is 1. The molecule has 0 radical (unpaired) electrons. The Labute approximate surface area is 103 Å². The number of carbonyl (C=O) groups excluding carboxylic acids is 1. The minimum absolute atomic E-state index is 0.0204. The van der Waals surface area contributed by atoms with Crippen molar-refractivity contribution in [3.63, 3.8) is 0 Å². The van der Waals surface area contributed by atoms with Crippen LogP contribution in [-0.4, -0.2) is 5.97 Å². The normalized spacial score (nSPS) is 10.1. The van der Waals surface area contributed by atoms with Crippen molar-refractivity contribution in [2.45, 2.75) is 6.61 Å². The molecular formula is C14H10F2O2. The maximum Gasteiger partial charge on any atom is 0.341 e. The van der Waals surface area contributed by atoms with Crippen molar-refractivity contribution in [2.75, 3.05) is 0 Å². The van der Waals surface area contributed by atoms with Crippen LogP contribution in [0.15, 0.2) is 48.5 Å². The van der Waals surface area contributed by atoms with Crippen LogP contribution in [0.1, 0.15) is 15.9 Å². The van der Waals surface area contributed by atoms with Gasteiger partial charge in [-0.25, -0.2) is 13.6 Å². The van der Waals surface area contributed by atoms with E-state index < -0.39 is 11.8 Å². The second-order valence-electron chi connectivity index (χ2n) is 3.68. The van der Waals surface area contributed by atoms with Crippen LogP contribution < -0.4 is 0 Å². The zero-order valence-electron chi connectivity index (χ0n) is 9.40. The number of hydrogen-bond donors (Lipinski definition) is 0. The number of esters is 1. The Balaban J connectivity index is 2.01. The van der Waals surface area contributed by atoms with E-state index in [0.29, 0.717) is 5.56 Å². The average molecular weight is 248 g/mol. The van der Waals surface area contributed by atoms with Crippen LogP contribution in [0.25, 0.3) is 0 Å². The Morgan fingerprint density at radius 1 is 1.00 bits per heavy atom. The van der Waals surface area contributed by atoms with Gasteiger partial charge in [0.05, 0.1) is 5.56 Å². The van der Waals surface area contributed by atoms with E-state index in [4.69, 9.17) is 4.74 Å². The number of ether oxygens (including phenoxy) is 1. The van der Waals surface area contributed by atoms with Crippen LogP contribution in [0.4, 0.5) is 8.78 Å². The Hall–Kier alpha value is -2.23. The summed E-state index contributed by atoms with van der Waals surface area (Å²) in [5, 5.41) is 0. The quantitative estimate of drug-likeness (QED) is 0.779. The molecule has 4 heteroatoms. The Morgan fingerprint density at radius 2 is 1.67 bits per heavy atom. The first kappa shape index (κ1) is 12.2. The fourth-order valence-electron chi connectivity index (χ4n) is 1.43. The lowest BCUT2D eigenvalue weighted by Crippen LogP contribution is -2.07. The lowest BCUT2D eigenvalue weighted by atomic mass is 10.2. The van der Waals surface area contributed by atoms with Gasteiger partial charge in [0.25, 0.3) is 0 Å². The summed E-state index contributed by atoms with van der Waals surface area (Å²) in [6.07, 6.45) is 0. The molecule has 0 amide bonds.